The van der Waals surface area contributed by atoms with E-state index in [9.17, 15) is 29.7 Å². The van der Waals surface area contributed by atoms with Crippen molar-refractivity contribution in [3.8, 4) is 5.75 Å². The van der Waals surface area contributed by atoms with E-state index in [2.05, 4.69) is 0 Å². The Hall–Kier alpha value is -3.17. The molecule has 3 aliphatic rings. The van der Waals surface area contributed by atoms with Gasteiger partial charge in [-0.15, -0.1) is 0 Å². The van der Waals surface area contributed by atoms with Gasteiger partial charge in [0.15, 0.2) is 17.2 Å². The number of fused-ring (bicyclic) bond motifs is 3. The van der Waals surface area contributed by atoms with Gasteiger partial charge in [0.1, 0.15) is 22.8 Å². The molecule has 200 valence electrons. The number of carbonyl (C=O) groups excluding carboxylic acids is 3. The van der Waals surface area contributed by atoms with E-state index < -0.39 is 57.9 Å². The number of Topliss-reactive ketones (excluding diaryl/α,β-unsaturated/α-hetero) is 3. The molecule has 3 N–H and O–H groups in total. The Balaban J connectivity index is 1.93. The average Bonchev–Trinajstić information content (AvgIpc) is 2.81. The van der Waals surface area contributed by atoms with Crippen molar-refractivity contribution in [3.63, 3.8) is 0 Å². The van der Waals surface area contributed by atoms with Crippen LogP contribution in [0.4, 0.5) is 5.69 Å². The van der Waals surface area contributed by atoms with Crippen LogP contribution >= 0.6 is 0 Å². The number of ketones is 3. The second kappa shape index (κ2) is 9.61. The van der Waals surface area contributed by atoms with Crippen molar-refractivity contribution in [2.24, 2.45) is 11.8 Å². The molecule has 0 saturated heterocycles. The molecule has 1 aromatic rings. The summed E-state index contributed by atoms with van der Waals surface area (Å²) >= 11 is 0. The number of allylic oxidation sites excluding steroid dienone is 1. The highest BCUT2D eigenvalue weighted by Crippen LogP contribution is 2.53. The number of hydrogen-bond acceptors (Lipinski definition) is 9. The van der Waals surface area contributed by atoms with Crippen molar-refractivity contribution < 1.29 is 34.4 Å². The first kappa shape index (κ1) is 26.9. The lowest BCUT2D eigenvalue weighted by Gasteiger charge is -2.50. The Morgan fingerprint density at radius 1 is 1.16 bits per heavy atom. The van der Waals surface area contributed by atoms with Crippen molar-refractivity contribution in [1.29, 1.82) is 0 Å². The summed E-state index contributed by atoms with van der Waals surface area (Å²) in [5.41, 5.74) is -1.15. The number of carbonyl (C=O) groups is 3. The fourth-order valence-electron chi connectivity index (χ4n) is 6.19. The summed E-state index contributed by atoms with van der Waals surface area (Å²) in [5.74, 6) is -4.52. The fraction of sp³-hybridized carbons (Fsp3) is 0.536. The maximum absolute atomic E-state index is 14.0. The van der Waals surface area contributed by atoms with Crippen LogP contribution in [0.2, 0.25) is 0 Å². The second-order valence-electron chi connectivity index (χ2n) is 10.7. The molecule has 0 bridgehead atoms. The van der Waals surface area contributed by atoms with Gasteiger partial charge in [0.25, 0.3) is 0 Å². The van der Waals surface area contributed by atoms with Crippen molar-refractivity contribution in [1.82, 2.24) is 4.90 Å². The molecule has 0 radical (unpaired) electrons. The van der Waals surface area contributed by atoms with E-state index in [-0.39, 0.29) is 12.0 Å². The molecule has 0 aliphatic heterocycles. The summed E-state index contributed by atoms with van der Waals surface area (Å²) < 4.78 is 5.96. The molecule has 0 heterocycles. The van der Waals surface area contributed by atoms with Crippen molar-refractivity contribution in [2.75, 3.05) is 39.7 Å². The molecular weight excluding hydrogens is 476 g/mol. The van der Waals surface area contributed by atoms with Crippen molar-refractivity contribution >= 4 is 23.0 Å². The van der Waals surface area contributed by atoms with Gasteiger partial charge >= 0.3 is 0 Å². The van der Waals surface area contributed by atoms with Gasteiger partial charge in [-0.2, -0.15) is 0 Å². The van der Waals surface area contributed by atoms with Crippen LogP contribution < -0.4 is 9.64 Å². The van der Waals surface area contributed by atoms with Gasteiger partial charge in [-0.1, -0.05) is 13.3 Å². The van der Waals surface area contributed by atoms with E-state index in [1.165, 1.54) is 0 Å². The lowest BCUT2D eigenvalue weighted by molar-refractivity contribution is -0.148. The summed E-state index contributed by atoms with van der Waals surface area (Å²) in [7, 11) is 7.09. The maximum atomic E-state index is 14.0. The first-order valence-corrected chi connectivity index (χ1v) is 12.7. The summed E-state index contributed by atoms with van der Waals surface area (Å²) in [5, 5.41) is 34.2. The highest BCUT2D eigenvalue weighted by molar-refractivity contribution is 6.25. The number of hydrogen-bond donors (Lipinski definition) is 3. The van der Waals surface area contributed by atoms with Gasteiger partial charge < -0.3 is 25.0 Å². The number of benzene rings is 1. The van der Waals surface area contributed by atoms with E-state index in [4.69, 9.17) is 4.74 Å². The van der Waals surface area contributed by atoms with Gasteiger partial charge in [0, 0.05) is 31.3 Å². The molecule has 4 rings (SSSR count). The molecule has 9 nitrogen and oxygen atoms in total. The lowest BCUT2D eigenvalue weighted by atomic mass is 9.58. The Morgan fingerprint density at radius 3 is 2.41 bits per heavy atom. The minimum atomic E-state index is -2.51. The normalized spacial score (nSPS) is 27.2. The molecule has 3 aliphatic carbocycles. The predicted octanol–water partition coefficient (Wildman–Crippen LogP) is 2.76. The number of anilines is 1. The van der Waals surface area contributed by atoms with Gasteiger partial charge in [-0.25, -0.2) is 0 Å². The van der Waals surface area contributed by atoms with Crippen LogP contribution in [0, 0.1) is 11.8 Å². The van der Waals surface area contributed by atoms with Crippen LogP contribution in [-0.2, 0) is 16.0 Å². The van der Waals surface area contributed by atoms with Gasteiger partial charge in [-0.05, 0) is 63.9 Å². The molecule has 0 aromatic heterocycles. The van der Waals surface area contributed by atoms with Crippen LogP contribution in [0.5, 0.6) is 5.75 Å². The third-order valence-corrected chi connectivity index (χ3v) is 7.91. The number of unbranched alkanes of at least 4 members (excludes halogenated alkanes) is 1. The SMILES string of the molecule is CCCCOc1ccc(N(C)C)c2c1C(=O)C1=C(O)C3(O)C(=O)C(C(C)=O)=C(O)C(N(C)C)C3CC1C2. The predicted molar refractivity (Wildman–Crippen MR) is 138 cm³/mol. The first-order valence-electron chi connectivity index (χ1n) is 12.7. The zero-order valence-electron chi connectivity index (χ0n) is 22.3. The highest BCUT2D eigenvalue weighted by atomic mass is 16.5. The minimum Gasteiger partial charge on any atom is -0.510 e. The molecule has 0 saturated carbocycles. The second-order valence-corrected chi connectivity index (χ2v) is 10.7. The standard InChI is InChI=1S/C28H36N2O7/c1-7-8-11-37-19-10-9-18(29(3)4)16-12-15-13-17-23(30(5)6)25(33)20(14(2)31)26(34)28(17,36)27(35)21(15)24(32)22(16)19/h9-10,15,17,23,33,35-36H,7-8,11-13H2,1-6H3. The summed E-state index contributed by atoms with van der Waals surface area (Å²) in [6.45, 7) is 3.59. The number of aliphatic hydroxyl groups excluding tert-OH is 2. The fourth-order valence-corrected chi connectivity index (χ4v) is 6.19. The summed E-state index contributed by atoms with van der Waals surface area (Å²) in [4.78, 5) is 43.4. The van der Waals surface area contributed by atoms with Crippen LogP contribution in [-0.4, -0.2) is 84.0 Å². The molecule has 4 atom stereocenters. The van der Waals surface area contributed by atoms with E-state index in [1.807, 2.05) is 32.0 Å². The molecule has 1 aromatic carbocycles. The van der Waals surface area contributed by atoms with Crippen molar-refractivity contribution in [3.05, 3.63) is 45.9 Å². The third kappa shape index (κ3) is 3.95. The molecule has 4 unspecified atom stereocenters. The Morgan fingerprint density at radius 2 is 1.84 bits per heavy atom. The van der Waals surface area contributed by atoms with Gasteiger partial charge in [0.2, 0.25) is 5.78 Å². The van der Waals surface area contributed by atoms with Crippen molar-refractivity contribution in [2.45, 2.75) is 51.2 Å². The van der Waals surface area contributed by atoms with E-state index in [1.54, 1.807) is 25.1 Å². The zero-order valence-corrected chi connectivity index (χ0v) is 22.3. The lowest BCUT2D eigenvalue weighted by Crippen LogP contribution is -2.63. The Kier molecular flexibility index (Phi) is 6.98. The number of aliphatic hydroxyl groups is 3. The minimum absolute atomic E-state index is 0.0300. The maximum Gasteiger partial charge on any atom is 0.209 e. The van der Waals surface area contributed by atoms with E-state index >= 15 is 0 Å². The number of rotatable bonds is 7. The summed E-state index contributed by atoms with van der Waals surface area (Å²) in [6, 6.07) is 2.74. The molecule has 0 fully saturated rings. The quantitative estimate of drug-likeness (QED) is 0.373. The molecule has 9 heteroatoms. The smallest absolute Gasteiger partial charge is 0.209 e. The molecule has 0 spiro atoms. The molecular formula is C28H36N2O7. The molecule has 37 heavy (non-hydrogen) atoms. The van der Waals surface area contributed by atoms with Crippen LogP contribution in [0.3, 0.4) is 0 Å². The van der Waals surface area contributed by atoms with E-state index in [0.717, 1.165) is 31.0 Å². The van der Waals surface area contributed by atoms with Gasteiger partial charge in [-0.3, -0.25) is 19.3 Å². The third-order valence-electron chi connectivity index (χ3n) is 7.91. The first-order chi connectivity index (χ1) is 17.4. The van der Waals surface area contributed by atoms with Crippen LogP contribution in [0.15, 0.2) is 34.8 Å². The topological polar surface area (TPSA) is 128 Å². The zero-order chi connectivity index (χ0) is 27.4. The number of nitrogens with zero attached hydrogens (tertiary/aromatic N) is 2. The highest BCUT2D eigenvalue weighted by Gasteiger charge is 2.63. The largest absolute Gasteiger partial charge is 0.510 e. The van der Waals surface area contributed by atoms with E-state index in [0.29, 0.717) is 24.3 Å². The van der Waals surface area contributed by atoms with Crippen LogP contribution in [0.25, 0.3) is 0 Å². The van der Waals surface area contributed by atoms with Gasteiger partial charge in [0.05, 0.1) is 18.2 Å². The average molecular weight is 513 g/mol. The molecule has 0 amide bonds. The Labute approximate surface area is 217 Å². The summed E-state index contributed by atoms with van der Waals surface area (Å²) in [6.07, 6.45) is 2.26. The number of ether oxygens (including phenoxy) is 1. The van der Waals surface area contributed by atoms with Crippen LogP contribution in [0.1, 0.15) is 49.0 Å². The number of likely N-dealkylation sites (N-methyl/N-ethyl adjacent to an activating group) is 1. The monoisotopic (exact) mass is 512 g/mol. The Bertz CT molecular complexity index is 1230.